The van der Waals surface area contributed by atoms with Crippen LogP contribution >= 0.6 is 11.8 Å². The Kier molecular flexibility index (Phi) is 8.25. The van der Waals surface area contributed by atoms with Gasteiger partial charge in [0.05, 0.1) is 6.54 Å². The van der Waals surface area contributed by atoms with Crippen LogP contribution < -0.4 is 15.4 Å². The van der Waals surface area contributed by atoms with E-state index in [4.69, 9.17) is 4.74 Å². The Morgan fingerprint density at radius 3 is 3.08 bits per heavy atom. The van der Waals surface area contributed by atoms with Gasteiger partial charge in [-0.15, -0.1) is 0 Å². The first-order chi connectivity index (χ1) is 11.7. The van der Waals surface area contributed by atoms with E-state index in [2.05, 4.69) is 15.6 Å². The highest BCUT2D eigenvalue weighted by Gasteiger charge is 2.15. The molecule has 1 aliphatic rings. The molecule has 1 aromatic rings. The summed E-state index contributed by atoms with van der Waals surface area (Å²) < 4.78 is 5.63. The van der Waals surface area contributed by atoms with Crippen molar-refractivity contribution in [2.75, 3.05) is 31.2 Å². The molecule has 3 N–H and O–H groups in total. The summed E-state index contributed by atoms with van der Waals surface area (Å²) in [5, 5.41) is 16.8. The van der Waals surface area contributed by atoms with Crippen LogP contribution in [0, 0.1) is 6.92 Å². The van der Waals surface area contributed by atoms with E-state index in [1.807, 2.05) is 49.9 Å². The van der Waals surface area contributed by atoms with Gasteiger partial charge in [0.25, 0.3) is 0 Å². The lowest BCUT2D eigenvalue weighted by molar-refractivity contribution is 0.114. The lowest BCUT2D eigenvalue weighted by Gasteiger charge is -2.24. The molecule has 0 saturated carbocycles. The van der Waals surface area contributed by atoms with E-state index in [1.165, 1.54) is 18.6 Å². The maximum atomic E-state index is 10.1. The van der Waals surface area contributed by atoms with Crippen molar-refractivity contribution in [3.63, 3.8) is 0 Å². The van der Waals surface area contributed by atoms with Crippen LogP contribution in [0.4, 0.5) is 0 Å². The van der Waals surface area contributed by atoms with Gasteiger partial charge in [-0.25, -0.2) is 0 Å². The number of guanidine groups is 1. The smallest absolute Gasteiger partial charge is 0.191 e. The second-order valence-electron chi connectivity index (χ2n) is 6.06. The van der Waals surface area contributed by atoms with E-state index in [0.717, 1.165) is 29.6 Å². The number of aryl methyl sites for hydroxylation is 1. The molecule has 0 radical (unpaired) electrons. The second-order valence-corrected chi connectivity index (χ2v) is 7.21. The zero-order valence-corrected chi connectivity index (χ0v) is 15.4. The van der Waals surface area contributed by atoms with E-state index >= 15 is 0 Å². The Hall–Kier alpha value is -1.40. The number of thioether (sulfide) groups is 1. The fourth-order valence-electron chi connectivity index (χ4n) is 2.51. The quantitative estimate of drug-likeness (QED) is 0.519. The van der Waals surface area contributed by atoms with Crippen LogP contribution in [-0.4, -0.2) is 54.4 Å². The number of nitrogens with zero attached hydrogens (tertiary/aromatic N) is 1. The molecule has 2 atom stereocenters. The maximum Gasteiger partial charge on any atom is 0.191 e. The first-order valence-electron chi connectivity index (χ1n) is 8.67. The Morgan fingerprint density at radius 1 is 1.50 bits per heavy atom. The molecule has 24 heavy (non-hydrogen) atoms. The Bertz CT molecular complexity index is 519. The van der Waals surface area contributed by atoms with Gasteiger partial charge in [0, 0.05) is 18.3 Å². The molecule has 1 heterocycles. The van der Waals surface area contributed by atoms with Crippen molar-refractivity contribution in [2.45, 2.75) is 38.8 Å². The minimum atomic E-state index is -0.623. The number of rotatable bonds is 7. The largest absolute Gasteiger partial charge is 0.491 e. The summed E-state index contributed by atoms with van der Waals surface area (Å²) in [6.07, 6.45) is 1.80. The molecular formula is C18H29N3O2S. The summed E-state index contributed by atoms with van der Waals surface area (Å²) in [6.45, 7) is 5.43. The molecule has 0 amide bonds. The van der Waals surface area contributed by atoms with Gasteiger partial charge in [-0.05, 0) is 50.1 Å². The summed E-state index contributed by atoms with van der Waals surface area (Å²) >= 11 is 1.98. The molecule has 0 bridgehead atoms. The molecule has 134 valence electrons. The molecule has 2 rings (SSSR count). The first-order valence-corrected chi connectivity index (χ1v) is 9.83. The highest BCUT2D eigenvalue weighted by atomic mass is 32.2. The first kappa shape index (κ1) is 18.9. The average Bonchev–Trinajstić information content (AvgIpc) is 2.59. The average molecular weight is 352 g/mol. The monoisotopic (exact) mass is 351 g/mol. The Morgan fingerprint density at radius 2 is 2.38 bits per heavy atom. The lowest BCUT2D eigenvalue weighted by atomic mass is 10.2. The minimum Gasteiger partial charge on any atom is -0.491 e. The van der Waals surface area contributed by atoms with Gasteiger partial charge in [0.1, 0.15) is 18.5 Å². The predicted molar refractivity (Wildman–Crippen MR) is 102 cm³/mol. The summed E-state index contributed by atoms with van der Waals surface area (Å²) in [5.74, 6) is 3.92. The topological polar surface area (TPSA) is 65.9 Å². The molecule has 1 fully saturated rings. The Labute approximate surface area is 149 Å². The molecule has 0 spiro atoms. The maximum absolute atomic E-state index is 10.1. The van der Waals surface area contributed by atoms with Crippen molar-refractivity contribution in [2.24, 2.45) is 4.99 Å². The van der Waals surface area contributed by atoms with Crippen molar-refractivity contribution in [3.8, 4) is 5.75 Å². The van der Waals surface area contributed by atoms with E-state index in [1.54, 1.807) is 0 Å². The van der Waals surface area contributed by atoms with Gasteiger partial charge >= 0.3 is 0 Å². The standard InChI is InChI=1S/C18H29N3O2S/c1-3-19-18(21-15-7-5-9-24-13-15)20-11-16(22)12-23-17-8-4-6-14(2)10-17/h4,6,8,10,15-16,22H,3,5,7,9,11-13H2,1-2H3,(H2,19,20,21). The molecule has 2 unspecified atom stereocenters. The highest BCUT2D eigenvalue weighted by Crippen LogP contribution is 2.16. The summed E-state index contributed by atoms with van der Waals surface area (Å²) in [5.41, 5.74) is 1.14. The van der Waals surface area contributed by atoms with Crippen LogP contribution in [0.2, 0.25) is 0 Å². The van der Waals surface area contributed by atoms with Gasteiger partial charge < -0.3 is 20.5 Å². The van der Waals surface area contributed by atoms with Crippen LogP contribution in [0.15, 0.2) is 29.3 Å². The summed E-state index contributed by atoms with van der Waals surface area (Å²) in [6, 6.07) is 8.29. The summed E-state index contributed by atoms with van der Waals surface area (Å²) in [4.78, 5) is 4.49. The van der Waals surface area contributed by atoms with Crippen LogP contribution in [0.25, 0.3) is 0 Å². The van der Waals surface area contributed by atoms with E-state index < -0.39 is 6.10 Å². The molecule has 0 aromatic heterocycles. The zero-order valence-electron chi connectivity index (χ0n) is 14.6. The third-order valence-corrected chi connectivity index (χ3v) is 4.95. The molecule has 6 heteroatoms. The van der Waals surface area contributed by atoms with E-state index in [0.29, 0.717) is 12.6 Å². The number of benzene rings is 1. The van der Waals surface area contributed by atoms with E-state index in [-0.39, 0.29) is 6.61 Å². The highest BCUT2D eigenvalue weighted by molar-refractivity contribution is 7.99. The van der Waals surface area contributed by atoms with Gasteiger partial charge in [-0.2, -0.15) is 11.8 Å². The van der Waals surface area contributed by atoms with E-state index in [9.17, 15) is 5.11 Å². The number of aliphatic hydroxyl groups excluding tert-OH is 1. The number of nitrogens with one attached hydrogen (secondary N) is 2. The number of hydrogen-bond acceptors (Lipinski definition) is 4. The van der Waals surface area contributed by atoms with Crippen molar-refractivity contribution in [1.82, 2.24) is 10.6 Å². The van der Waals surface area contributed by atoms with Crippen LogP contribution in [-0.2, 0) is 0 Å². The molecule has 1 aromatic carbocycles. The number of ether oxygens (including phenoxy) is 1. The molecule has 5 nitrogen and oxygen atoms in total. The molecular weight excluding hydrogens is 322 g/mol. The Balaban J connectivity index is 1.78. The van der Waals surface area contributed by atoms with Gasteiger partial charge in [-0.1, -0.05) is 12.1 Å². The van der Waals surface area contributed by atoms with Crippen LogP contribution in [0.3, 0.4) is 0 Å². The zero-order chi connectivity index (χ0) is 17.2. The predicted octanol–water partition coefficient (Wildman–Crippen LogP) is 2.19. The molecule has 1 saturated heterocycles. The molecule has 1 aliphatic heterocycles. The second kappa shape index (κ2) is 10.5. The number of aliphatic hydroxyl groups is 1. The number of aliphatic imine (C=N–C) groups is 1. The SMILES string of the molecule is CCNC(=NCC(O)COc1cccc(C)c1)NC1CCCSC1. The normalized spacial score (nSPS) is 19.6. The van der Waals surface area contributed by atoms with Crippen LogP contribution in [0.5, 0.6) is 5.75 Å². The van der Waals surface area contributed by atoms with Crippen molar-refractivity contribution in [3.05, 3.63) is 29.8 Å². The fraction of sp³-hybridized carbons (Fsp3) is 0.611. The molecule has 0 aliphatic carbocycles. The van der Waals surface area contributed by atoms with Gasteiger partial charge in [-0.3, -0.25) is 4.99 Å². The van der Waals surface area contributed by atoms with Gasteiger partial charge in [0.15, 0.2) is 5.96 Å². The third kappa shape index (κ3) is 7.01. The fourth-order valence-corrected chi connectivity index (χ4v) is 3.59. The summed E-state index contributed by atoms with van der Waals surface area (Å²) in [7, 11) is 0. The lowest BCUT2D eigenvalue weighted by Crippen LogP contribution is -2.46. The van der Waals surface area contributed by atoms with Crippen molar-refractivity contribution < 1.29 is 9.84 Å². The van der Waals surface area contributed by atoms with Crippen molar-refractivity contribution >= 4 is 17.7 Å². The number of hydrogen-bond donors (Lipinski definition) is 3. The minimum absolute atomic E-state index is 0.242. The van der Waals surface area contributed by atoms with Crippen molar-refractivity contribution in [1.29, 1.82) is 0 Å². The van der Waals surface area contributed by atoms with Gasteiger partial charge in [0.2, 0.25) is 0 Å². The third-order valence-electron chi connectivity index (χ3n) is 3.74. The van der Waals surface area contributed by atoms with Crippen LogP contribution in [0.1, 0.15) is 25.3 Å².